The molecule has 2 aromatic rings. The van der Waals surface area contributed by atoms with Crippen molar-refractivity contribution < 1.29 is 37.4 Å². The van der Waals surface area contributed by atoms with Crippen LogP contribution in [0.1, 0.15) is 59.1 Å². The van der Waals surface area contributed by atoms with Crippen molar-refractivity contribution >= 4 is 13.7 Å². The number of aliphatic hydroxyl groups is 1. The van der Waals surface area contributed by atoms with Gasteiger partial charge in [-0.05, 0) is 37.8 Å². The lowest BCUT2D eigenvalue weighted by Crippen LogP contribution is -2.42. The van der Waals surface area contributed by atoms with Gasteiger partial charge in [-0.25, -0.2) is 9.36 Å². The molecule has 1 saturated heterocycles. The average molecular weight is 584 g/mol. The normalized spacial score (nSPS) is 23.9. The number of benzene rings is 1. The van der Waals surface area contributed by atoms with Gasteiger partial charge >= 0.3 is 19.4 Å². The van der Waals surface area contributed by atoms with E-state index < -0.39 is 60.9 Å². The molecule has 2 fully saturated rings. The van der Waals surface area contributed by atoms with Crippen LogP contribution >= 0.6 is 7.75 Å². The van der Waals surface area contributed by atoms with Crippen LogP contribution in [0.2, 0.25) is 0 Å². The fraction of sp³-hybridized carbons (Fsp3) is 0.577. The highest BCUT2D eigenvalue weighted by Gasteiger charge is 2.61. The van der Waals surface area contributed by atoms with Crippen LogP contribution in [0.15, 0.2) is 46.1 Å². The van der Waals surface area contributed by atoms with Gasteiger partial charge < -0.3 is 19.1 Å². The number of H-pyrrole nitrogens is 1. The van der Waals surface area contributed by atoms with E-state index in [9.17, 15) is 28.4 Å². The Morgan fingerprint density at radius 1 is 1.27 bits per heavy atom. The minimum atomic E-state index is -4.28. The van der Waals surface area contributed by atoms with Gasteiger partial charge in [0.05, 0.1) is 18.9 Å². The highest BCUT2D eigenvalue weighted by molar-refractivity contribution is 7.52. The Morgan fingerprint density at radius 2 is 1.95 bits per heavy atom. The van der Waals surface area contributed by atoms with Gasteiger partial charge in [0.15, 0.2) is 0 Å². The zero-order valence-electron chi connectivity index (χ0n) is 22.6. The zero-order valence-corrected chi connectivity index (χ0v) is 23.5. The highest BCUT2D eigenvalue weighted by Crippen LogP contribution is 2.59. The molecule has 3 N–H and O–H groups in total. The first kappa shape index (κ1) is 30.1. The maximum atomic E-state index is 14.1. The number of ether oxygens (including phenoxy) is 2. The first-order valence-corrected chi connectivity index (χ1v) is 14.9. The van der Waals surface area contributed by atoms with E-state index in [0.29, 0.717) is 19.0 Å². The maximum absolute atomic E-state index is 14.1. The smallest absolute Gasteiger partial charge is 0.460 e. The van der Waals surface area contributed by atoms with Crippen molar-refractivity contribution in [1.82, 2.24) is 14.6 Å². The lowest BCUT2D eigenvalue weighted by atomic mass is 10.1. The van der Waals surface area contributed by atoms with Crippen molar-refractivity contribution in [2.24, 2.45) is 5.92 Å². The number of esters is 1. The van der Waals surface area contributed by atoms with Gasteiger partial charge in [0.2, 0.25) is 5.82 Å². The molecule has 1 saturated carbocycles. The summed E-state index contributed by atoms with van der Waals surface area (Å²) in [4.78, 5) is 38.2. The van der Waals surface area contributed by atoms with Gasteiger partial charge in [-0.1, -0.05) is 44.9 Å². The molecule has 12 nitrogen and oxygen atoms in total. The summed E-state index contributed by atoms with van der Waals surface area (Å²) in [6.07, 6.45) is -0.418. The Morgan fingerprint density at radius 3 is 2.58 bits per heavy atom. The largest absolute Gasteiger partial charge is 0.464 e. The second-order valence-corrected chi connectivity index (χ2v) is 11.8. The molecule has 0 amide bonds. The molecule has 220 valence electrons. The third kappa shape index (κ3) is 6.90. The summed E-state index contributed by atoms with van der Waals surface area (Å²) in [5.41, 5.74) is -3.36. The maximum Gasteiger partial charge on any atom is 0.460 e. The van der Waals surface area contributed by atoms with Crippen LogP contribution in [-0.2, 0) is 23.4 Å². The van der Waals surface area contributed by atoms with E-state index in [1.165, 1.54) is 6.92 Å². The molecule has 1 aliphatic carbocycles. The topological polar surface area (TPSA) is 158 Å². The number of nitrogens with zero attached hydrogens (tertiary/aromatic N) is 1. The van der Waals surface area contributed by atoms with E-state index in [0.717, 1.165) is 17.4 Å². The van der Waals surface area contributed by atoms with Gasteiger partial charge in [0, 0.05) is 6.42 Å². The Bertz CT molecular complexity index is 1340. The third-order valence-electron chi connectivity index (χ3n) is 7.18. The van der Waals surface area contributed by atoms with Crippen LogP contribution < -0.4 is 20.9 Å². The van der Waals surface area contributed by atoms with Crippen molar-refractivity contribution in [3.05, 3.63) is 63.2 Å². The van der Waals surface area contributed by atoms with Crippen molar-refractivity contribution in [2.45, 2.75) is 83.0 Å². The van der Waals surface area contributed by atoms with Crippen LogP contribution in [-0.4, -0.2) is 51.1 Å². The number of aliphatic hydroxyl groups excluding tert-OH is 1. The zero-order chi connectivity index (χ0) is 29.1. The van der Waals surface area contributed by atoms with Crippen LogP contribution in [0.4, 0.5) is 4.39 Å². The summed E-state index contributed by atoms with van der Waals surface area (Å²) in [5, 5.41) is 13.5. The number of hydrogen-bond acceptors (Lipinski definition) is 9. The molecule has 0 unspecified atom stereocenters. The van der Waals surface area contributed by atoms with E-state index in [-0.39, 0.29) is 24.7 Å². The van der Waals surface area contributed by atoms with Crippen molar-refractivity contribution in [3.8, 4) is 5.75 Å². The number of rotatable bonds is 13. The molecule has 1 aromatic heterocycles. The Kier molecular flexibility index (Phi) is 9.31. The van der Waals surface area contributed by atoms with Gasteiger partial charge in [-0.2, -0.15) is 9.48 Å². The van der Waals surface area contributed by atoms with Crippen molar-refractivity contribution in [3.63, 3.8) is 0 Å². The van der Waals surface area contributed by atoms with Gasteiger partial charge in [0.25, 0.3) is 5.56 Å². The molecule has 0 bridgehead atoms. The van der Waals surface area contributed by atoms with E-state index in [1.54, 1.807) is 30.3 Å². The molecule has 5 atom stereocenters. The average Bonchev–Trinajstić information content (AvgIpc) is 3.57. The summed E-state index contributed by atoms with van der Waals surface area (Å²) in [5.74, 6) is -1.40. The molecular weight excluding hydrogens is 548 g/mol. The predicted octanol–water partition coefficient (Wildman–Crippen LogP) is 3.02. The van der Waals surface area contributed by atoms with E-state index in [1.807, 2.05) is 18.8 Å². The minimum absolute atomic E-state index is 0.114. The molecule has 1 aromatic carbocycles. The lowest BCUT2D eigenvalue weighted by Gasteiger charge is -2.31. The first-order valence-electron chi connectivity index (χ1n) is 13.3. The molecule has 40 heavy (non-hydrogen) atoms. The highest BCUT2D eigenvalue weighted by atomic mass is 31.2. The molecule has 0 radical (unpaired) electrons. The summed E-state index contributed by atoms with van der Waals surface area (Å²) in [6.45, 7) is 5.71. The number of aromatic amines is 1. The number of carbonyl (C=O) groups excluding carboxylic acids is 1. The van der Waals surface area contributed by atoms with Gasteiger partial charge in [-0.3, -0.25) is 23.7 Å². The van der Waals surface area contributed by atoms with E-state index in [4.69, 9.17) is 18.5 Å². The van der Waals surface area contributed by atoms with Crippen LogP contribution in [0.25, 0.3) is 0 Å². The number of hydrogen-bond donors (Lipinski definition) is 3. The number of halogens is 1. The molecule has 1 aliphatic heterocycles. The van der Waals surface area contributed by atoms with Crippen LogP contribution in [0.3, 0.4) is 0 Å². The summed E-state index contributed by atoms with van der Waals surface area (Å²) in [7, 11) is -4.28. The van der Waals surface area contributed by atoms with Gasteiger partial charge in [-0.15, -0.1) is 0 Å². The standard InChI is InChI=1S/C26H35FN3O9P/c1-4-17(5-2)15-36-24(33)16(3)29-40(35,38-18-9-7-6-8-10-18)39-26(11-12-26)22-20(31)13-21(37-22)30-14-19(27)23(32)28-25(30)34/h6-10,14,16-17,20-22,31H,4-5,11-13,15H2,1-3H3,(H,29,35)(H,28,32,34)/t16-,20-,21+,22-,40-/m0/s1. The first-order chi connectivity index (χ1) is 19.0. The predicted molar refractivity (Wildman–Crippen MR) is 141 cm³/mol. The van der Waals surface area contributed by atoms with Crippen LogP contribution in [0, 0.1) is 11.7 Å². The van der Waals surface area contributed by atoms with Crippen molar-refractivity contribution in [2.75, 3.05) is 6.61 Å². The molecule has 2 heterocycles. The number of nitrogens with one attached hydrogen (secondary N) is 2. The minimum Gasteiger partial charge on any atom is -0.464 e. The third-order valence-corrected chi connectivity index (χ3v) is 8.94. The molecule has 0 spiro atoms. The molecule has 14 heteroatoms. The summed E-state index contributed by atoms with van der Waals surface area (Å²) in [6, 6.07) is 7.18. The van der Waals surface area contributed by atoms with E-state index >= 15 is 0 Å². The number of para-hydroxylation sites is 1. The lowest BCUT2D eigenvalue weighted by molar-refractivity contribution is -0.146. The fourth-order valence-corrected chi connectivity index (χ4v) is 6.48. The SMILES string of the molecule is CCC(CC)COC(=O)[C@H](C)N[P@](=O)(Oc1ccccc1)OC1([C@H]2O[C@@H](n3cc(F)c(=O)[nH]c3=O)C[C@@H]2O)CC1. The number of carbonyl (C=O) groups is 1. The Balaban J connectivity index is 1.53. The molecule has 4 rings (SSSR count). The van der Waals surface area contributed by atoms with Crippen LogP contribution in [0.5, 0.6) is 5.75 Å². The number of aromatic nitrogens is 2. The summed E-state index contributed by atoms with van der Waals surface area (Å²) >= 11 is 0. The second-order valence-electron chi connectivity index (χ2n) is 10.2. The molecule has 2 aliphatic rings. The van der Waals surface area contributed by atoms with E-state index in [2.05, 4.69) is 5.09 Å². The Labute approximate surface area is 230 Å². The second kappa shape index (κ2) is 12.4. The molecular formula is C26H35FN3O9P. The fourth-order valence-electron chi connectivity index (χ4n) is 4.60. The van der Waals surface area contributed by atoms with Gasteiger partial charge in [0.1, 0.15) is 29.7 Å². The Hall–Kier alpha value is -2.83. The summed E-state index contributed by atoms with van der Waals surface area (Å²) < 4.78 is 51.9. The van der Waals surface area contributed by atoms with Crippen molar-refractivity contribution in [1.29, 1.82) is 0 Å². The quantitative estimate of drug-likeness (QED) is 0.236. The monoisotopic (exact) mass is 583 g/mol.